The van der Waals surface area contributed by atoms with Gasteiger partial charge in [-0.3, -0.25) is 24.7 Å². The molecule has 1 saturated heterocycles. The van der Waals surface area contributed by atoms with Gasteiger partial charge in [0.15, 0.2) is 0 Å². The van der Waals surface area contributed by atoms with E-state index in [4.69, 9.17) is 0 Å². The van der Waals surface area contributed by atoms with Crippen molar-refractivity contribution in [2.24, 2.45) is 0 Å². The predicted octanol–water partition coefficient (Wildman–Crippen LogP) is 1.11. The maximum atomic E-state index is 12.2. The van der Waals surface area contributed by atoms with Crippen LogP contribution in [0.3, 0.4) is 0 Å². The van der Waals surface area contributed by atoms with Crippen molar-refractivity contribution in [3.05, 3.63) is 33.9 Å². The van der Waals surface area contributed by atoms with Crippen LogP contribution in [0.25, 0.3) is 0 Å². The van der Waals surface area contributed by atoms with Gasteiger partial charge in [0.1, 0.15) is 0 Å². The second-order valence-corrected chi connectivity index (χ2v) is 5.68. The zero-order chi connectivity index (χ0) is 15.9. The summed E-state index contributed by atoms with van der Waals surface area (Å²) in [5, 5.41) is 14.6. The molecule has 22 heavy (non-hydrogen) atoms. The molecule has 2 unspecified atom stereocenters. The van der Waals surface area contributed by atoms with Gasteiger partial charge >= 0.3 is 11.8 Å². The molecule has 1 aliphatic carbocycles. The Kier molecular flexibility index (Phi) is 3.53. The van der Waals surface area contributed by atoms with Gasteiger partial charge in [-0.15, -0.1) is 0 Å². The summed E-state index contributed by atoms with van der Waals surface area (Å²) in [7, 11) is 0. The molecule has 3 rings (SSSR count). The zero-order valence-corrected chi connectivity index (χ0v) is 12.0. The van der Waals surface area contributed by atoms with E-state index in [1.165, 1.54) is 23.2 Å². The van der Waals surface area contributed by atoms with Crippen LogP contribution >= 0.6 is 0 Å². The minimum absolute atomic E-state index is 0.0643. The van der Waals surface area contributed by atoms with E-state index < -0.39 is 16.7 Å². The lowest BCUT2D eigenvalue weighted by atomic mass is 10.2. The van der Waals surface area contributed by atoms with E-state index >= 15 is 0 Å². The van der Waals surface area contributed by atoms with Crippen molar-refractivity contribution in [1.29, 1.82) is 0 Å². The zero-order valence-electron chi connectivity index (χ0n) is 12.0. The van der Waals surface area contributed by atoms with Crippen LogP contribution in [-0.2, 0) is 9.59 Å². The van der Waals surface area contributed by atoms with E-state index in [9.17, 15) is 19.7 Å². The third-order valence-electron chi connectivity index (χ3n) is 4.18. The minimum Gasteiger partial charge on any atom is -0.317 e. The summed E-state index contributed by atoms with van der Waals surface area (Å²) in [6.07, 6.45) is 2.78. The molecule has 1 aromatic carbocycles. The fourth-order valence-corrected chi connectivity index (χ4v) is 2.98. The number of fused-ring (bicyclic) bond motifs is 2. The Morgan fingerprint density at radius 1 is 1.41 bits per heavy atom. The molecule has 0 aromatic heterocycles. The van der Waals surface area contributed by atoms with E-state index in [0.717, 1.165) is 19.3 Å². The van der Waals surface area contributed by atoms with Gasteiger partial charge in [-0.25, -0.2) is 5.43 Å². The van der Waals surface area contributed by atoms with Gasteiger partial charge in [0.25, 0.3) is 5.69 Å². The number of anilines is 1. The predicted molar refractivity (Wildman–Crippen MR) is 77.9 cm³/mol. The molecule has 2 atom stereocenters. The number of hydrazine groups is 1. The summed E-state index contributed by atoms with van der Waals surface area (Å²) in [6, 6.07) is 4.47. The Hall–Kier alpha value is -2.48. The molecule has 1 saturated carbocycles. The number of nitro benzene ring substituents is 1. The maximum Gasteiger partial charge on any atom is 0.326 e. The fraction of sp³-hybridized carbons (Fsp3) is 0.429. The second-order valence-electron chi connectivity index (χ2n) is 5.68. The van der Waals surface area contributed by atoms with Gasteiger partial charge in [0.05, 0.1) is 16.7 Å². The lowest BCUT2D eigenvalue weighted by Crippen LogP contribution is -2.51. The van der Waals surface area contributed by atoms with Crippen molar-refractivity contribution in [2.75, 3.05) is 5.32 Å². The van der Waals surface area contributed by atoms with Crippen molar-refractivity contribution >= 4 is 23.2 Å². The highest BCUT2D eigenvalue weighted by molar-refractivity contribution is 6.39. The minimum atomic E-state index is -0.788. The Morgan fingerprint density at radius 3 is 2.77 bits per heavy atom. The van der Waals surface area contributed by atoms with Crippen LogP contribution in [0.2, 0.25) is 0 Å². The number of nitro groups is 1. The van der Waals surface area contributed by atoms with Gasteiger partial charge in [-0.05, 0) is 31.7 Å². The molecule has 2 aliphatic rings. The average Bonchev–Trinajstić information content (AvgIpc) is 3.11. The van der Waals surface area contributed by atoms with Gasteiger partial charge in [0, 0.05) is 18.2 Å². The Morgan fingerprint density at radius 2 is 2.18 bits per heavy atom. The third kappa shape index (κ3) is 2.52. The first-order chi connectivity index (χ1) is 10.5. The number of carbonyl (C=O) groups excluding carboxylic acids is 2. The average molecular weight is 304 g/mol. The molecule has 8 heteroatoms. The summed E-state index contributed by atoms with van der Waals surface area (Å²) in [5.41, 5.74) is 3.81. The number of amides is 2. The van der Waals surface area contributed by atoms with Crippen molar-refractivity contribution in [2.45, 2.75) is 38.3 Å². The first-order valence-electron chi connectivity index (χ1n) is 7.11. The fourth-order valence-electron chi connectivity index (χ4n) is 2.98. The SMILES string of the molecule is Cc1ccc([N+](=O)[O-])cc1NC(=O)C(=O)N1NC2CCC1C2. The van der Waals surface area contributed by atoms with E-state index in [2.05, 4.69) is 10.7 Å². The normalized spacial score (nSPS) is 22.7. The standard InChI is InChI=1S/C14H16N4O4/c1-8-2-4-11(18(21)22)7-12(8)15-13(19)14(20)17-10-5-3-9(6-10)16-17/h2,4,7,9-10,16H,3,5-6H2,1H3,(H,15,19). The number of nitrogens with one attached hydrogen (secondary N) is 2. The number of nitrogens with zero attached hydrogens (tertiary/aromatic N) is 2. The Labute approximate surface area is 126 Å². The van der Waals surface area contributed by atoms with Gasteiger partial charge < -0.3 is 5.32 Å². The van der Waals surface area contributed by atoms with E-state index in [1.807, 2.05) is 0 Å². The number of hydrogen-bond acceptors (Lipinski definition) is 5. The van der Waals surface area contributed by atoms with E-state index in [0.29, 0.717) is 5.56 Å². The quantitative estimate of drug-likeness (QED) is 0.484. The van der Waals surface area contributed by atoms with Gasteiger partial charge in [-0.2, -0.15) is 0 Å². The topological polar surface area (TPSA) is 105 Å². The van der Waals surface area contributed by atoms with E-state index in [1.54, 1.807) is 6.92 Å². The lowest BCUT2D eigenvalue weighted by molar-refractivity contribution is -0.384. The molecule has 1 aromatic rings. The summed E-state index contributed by atoms with van der Waals surface area (Å²) in [5.74, 6) is -1.44. The molecule has 2 bridgehead atoms. The highest BCUT2D eigenvalue weighted by Gasteiger charge is 2.42. The molecule has 0 spiro atoms. The molecule has 0 radical (unpaired) electrons. The summed E-state index contributed by atoms with van der Waals surface area (Å²) in [6.45, 7) is 1.71. The number of benzene rings is 1. The molecule has 2 fully saturated rings. The van der Waals surface area contributed by atoms with Gasteiger partial charge in [0.2, 0.25) is 0 Å². The molecular weight excluding hydrogens is 288 g/mol. The molecule has 1 heterocycles. The highest BCUT2D eigenvalue weighted by atomic mass is 16.6. The summed E-state index contributed by atoms with van der Waals surface area (Å²) < 4.78 is 0. The van der Waals surface area contributed by atoms with Crippen LogP contribution in [0.4, 0.5) is 11.4 Å². The van der Waals surface area contributed by atoms with Crippen molar-refractivity contribution in [3.63, 3.8) is 0 Å². The Bertz CT molecular complexity index is 660. The van der Waals surface area contributed by atoms with Crippen LogP contribution in [-0.4, -0.2) is 33.8 Å². The Balaban J connectivity index is 1.73. The molecule has 2 amide bonds. The number of carbonyl (C=O) groups is 2. The molecule has 8 nitrogen and oxygen atoms in total. The number of non-ortho nitro benzene ring substituents is 1. The summed E-state index contributed by atoms with van der Waals surface area (Å²) >= 11 is 0. The maximum absolute atomic E-state index is 12.2. The first kappa shape index (κ1) is 14.5. The van der Waals surface area contributed by atoms with Crippen LogP contribution in [0.1, 0.15) is 24.8 Å². The number of rotatable bonds is 2. The first-order valence-corrected chi connectivity index (χ1v) is 7.11. The van der Waals surface area contributed by atoms with Crippen LogP contribution in [0, 0.1) is 17.0 Å². The number of aryl methyl sites for hydroxylation is 1. The third-order valence-corrected chi connectivity index (χ3v) is 4.18. The largest absolute Gasteiger partial charge is 0.326 e. The van der Waals surface area contributed by atoms with E-state index in [-0.39, 0.29) is 23.5 Å². The molecule has 116 valence electrons. The van der Waals surface area contributed by atoms with Crippen LogP contribution in [0.5, 0.6) is 0 Å². The van der Waals surface area contributed by atoms with Crippen LogP contribution in [0.15, 0.2) is 18.2 Å². The monoisotopic (exact) mass is 304 g/mol. The van der Waals surface area contributed by atoms with Crippen molar-refractivity contribution in [1.82, 2.24) is 10.4 Å². The second kappa shape index (κ2) is 5.38. The molecule has 2 N–H and O–H groups in total. The van der Waals surface area contributed by atoms with Gasteiger partial charge in [-0.1, -0.05) is 6.07 Å². The van der Waals surface area contributed by atoms with Crippen molar-refractivity contribution < 1.29 is 14.5 Å². The number of hydrogen-bond donors (Lipinski definition) is 2. The highest BCUT2D eigenvalue weighted by Crippen LogP contribution is 2.30. The van der Waals surface area contributed by atoms with Crippen molar-refractivity contribution in [3.8, 4) is 0 Å². The smallest absolute Gasteiger partial charge is 0.317 e. The lowest BCUT2D eigenvalue weighted by Gasteiger charge is -2.26. The van der Waals surface area contributed by atoms with Crippen LogP contribution < -0.4 is 10.7 Å². The molecule has 1 aliphatic heterocycles. The molecular formula is C14H16N4O4. The summed E-state index contributed by atoms with van der Waals surface area (Å²) in [4.78, 5) is 34.5.